The van der Waals surface area contributed by atoms with Gasteiger partial charge in [-0.15, -0.1) is 12.4 Å². The topological polar surface area (TPSA) is 39.1 Å². The van der Waals surface area contributed by atoms with Crippen molar-refractivity contribution in [2.45, 2.75) is 20.0 Å². The zero-order valence-electron chi connectivity index (χ0n) is 11.6. The van der Waals surface area contributed by atoms with Gasteiger partial charge in [-0.1, -0.05) is 12.1 Å². The zero-order chi connectivity index (χ0) is 13.7. The molecule has 0 aliphatic heterocycles. The van der Waals surface area contributed by atoms with Crippen LogP contribution in [0.15, 0.2) is 30.5 Å². The van der Waals surface area contributed by atoms with E-state index in [1.54, 1.807) is 11.8 Å². The minimum Gasteiger partial charge on any atom is -0.497 e. The van der Waals surface area contributed by atoms with Crippen LogP contribution in [0.1, 0.15) is 11.1 Å². The Hall–Kier alpha value is -1.75. The smallest absolute Gasteiger partial charge is 0.151 e. The molecule has 1 aromatic carbocycles. The third-order valence-corrected chi connectivity index (χ3v) is 2.85. The molecule has 6 heteroatoms. The van der Waals surface area contributed by atoms with Crippen molar-refractivity contribution >= 4 is 18.2 Å². The van der Waals surface area contributed by atoms with Crippen LogP contribution in [-0.2, 0) is 13.1 Å². The van der Waals surface area contributed by atoms with Crippen LogP contribution in [0.5, 0.6) is 5.75 Å². The quantitative estimate of drug-likeness (QED) is 0.890. The number of ether oxygens (including phenoxy) is 1. The number of halogens is 2. The first kappa shape index (κ1) is 16.3. The highest BCUT2D eigenvalue weighted by atomic mass is 35.5. The van der Waals surface area contributed by atoms with Crippen molar-refractivity contribution in [3.63, 3.8) is 0 Å². The molecule has 1 aromatic heterocycles. The predicted molar refractivity (Wildman–Crippen MR) is 80.5 cm³/mol. The van der Waals surface area contributed by atoms with Gasteiger partial charge in [-0.25, -0.2) is 4.39 Å². The van der Waals surface area contributed by atoms with Crippen LogP contribution in [0.25, 0.3) is 0 Å². The van der Waals surface area contributed by atoms with E-state index in [0.29, 0.717) is 13.1 Å². The van der Waals surface area contributed by atoms with Crippen LogP contribution >= 0.6 is 12.4 Å². The summed E-state index contributed by atoms with van der Waals surface area (Å²) in [6, 6.07) is 7.85. The molecule has 2 rings (SSSR count). The number of hydrogen-bond acceptors (Lipinski definition) is 3. The Labute approximate surface area is 124 Å². The number of methoxy groups -OCH3 is 1. The second kappa shape index (κ2) is 7.75. The van der Waals surface area contributed by atoms with Crippen molar-refractivity contribution in [3.8, 4) is 5.75 Å². The summed E-state index contributed by atoms with van der Waals surface area (Å²) < 4.78 is 19.1. The molecule has 20 heavy (non-hydrogen) atoms. The van der Waals surface area contributed by atoms with Gasteiger partial charge in [-0.05, 0) is 24.6 Å². The fraction of sp³-hybridized carbons (Fsp3) is 0.357. The SMILES string of the molecule is COc1cccc(CNc2nn(CCF)cc2C)c1.Cl. The Kier molecular flexibility index (Phi) is 6.31. The lowest BCUT2D eigenvalue weighted by Gasteiger charge is -2.06. The molecule has 0 saturated carbocycles. The molecule has 1 N–H and O–H groups in total. The van der Waals surface area contributed by atoms with Crippen molar-refractivity contribution in [2.24, 2.45) is 0 Å². The van der Waals surface area contributed by atoms with Gasteiger partial charge in [-0.3, -0.25) is 4.68 Å². The van der Waals surface area contributed by atoms with E-state index in [9.17, 15) is 4.39 Å². The predicted octanol–water partition coefficient (Wildman–Crippen LogP) is 3.20. The van der Waals surface area contributed by atoms with Crippen LogP contribution in [-0.4, -0.2) is 23.6 Å². The highest BCUT2D eigenvalue weighted by molar-refractivity contribution is 5.85. The molecular formula is C14H19ClFN3O. The number of nitrogens with zero attached hydrogens (tertiary/aromatic N) is 2. The number of benzene rings is 1. The molecule has 2 aromatic rings. The summed E-state index contributed by atoms with van der Waals surface area (Å²) in [4.78, 5) is 0. The maximum atomic E-state index is 12.3. The van der Waals surface area contributed by atoms with E-state index in [0.717, 1.165) is 22.7 Å². The Bertz CT molecular complexity index is 545. The van der Waals surface area contributed by atoms with Gasteiger partial charge >= 0.3 is 0 Å². The number of anilines is 1. The van der Waals surface area contributed by atoms with Gasteiger partial charge < -0.3 is 10.1 Å². The number of rotatable bonds is 6. The summed E-state index contributed by atoms with van der Waals surface area (Å²) in [5, 5.41) is 7.54. The number of aryl methyl sites for hydroxylation is 2. The molecule has 110 valence electrons. The van der Waals surface area contributed by atoms with E-state index < -0.39 is 6.67 Å². The van der Waals surface area contributed by atoms with Crippen molar-refractivity contribution in [2.75, 3.05) is 19.1 Å². The molecule has 0 radical (unpaired) electrons. The van der Waals surface area contributed by atoms with Crippen molar-refractivity contribution in [1.82, 2.24) is 9.78 Å². The Balaban J connectivity index is 0.00000200. The van der Waals surface area contributed by atoms with Gasteiger partial charge in [0.15, 0.2) is 5.82 Å². The summed E-state index contributed by atoms with van der Waals surface area (Å²) in [7, 11) is 1.65. The molecule has 0 bridgehead atoms. The van der Waals surface area contributed by atoms with Crippen molar-refractivity contribution in [1.29, 1.82) is 0 Å². The first-order valence-corrected chi connectivity index (χ1v) is 6.19. The number of nitrogens with one attached hydrogen (secondary N) is 1. The molecular weight excluding hydrogens is 281 g/mol. The summed E-state index contributed by atoms with van der Waals surface area (Å²) in [5.74, 6) is 1.62. The second-order valence-corrected chi connectivity index (χ2v) is 4.32. The highest BCUT2D eigenvalue weighted by Gasteiger charge is 2.04. The molecule has 4 nitrogen and oxygen atoms in total. The average Bonchev–Trinajstić information content (AvgIpc) is 2.77. The molecule has 0 fully saturated rings. The minimum absolute atomic E-state index is 0. The standard InChI is InChI=1S/C14H18FN3O.ClH/c1-11-10-18(7-6-15)17-14(11)16-9-12-4-3-5-13(8-12)19-2;/h3-5,8,10H,6-7,9H2,1-2H3,(H,16,17);1H. The Morgan fingerprint density at radius 3 is 2.90 bits per heavy atom. The zero-order valence-corrected chi connectivity index (χ0v) is 12.4. The third-order valence-electron chi connectivity index (χ3n) is 2.85. The number of alkyl halides is 1. The van der Waals surface area contributed by atoms with E-state index in [1.807, 2.05) is 37.4 Å². The van der Waals surface area contributed by atoms with Gasteiger partial charge in [0.25, 0.3) is 0 Å². The molecule has 0 amide bonds. The van der Waals surface area contributed by atoms with Gasteiger partial charge in [0.05, 0.1) is 13.7 Å². The van der Waals surface area contributed by atoms with Gasteiger partial charge in [0.2, 0.25) is 0 Å². The van der Waals surface area contributed by atoms with E-state index in [2.05, 4.69) is 10.4 Å². The van der Waals surface area contributed by atoms with Gasteiger partial charge in [0.1, 0.15) is 12.4 Å². The van der Waals surface area contributed by atoms with Gasteiger partial charge in [0, 0.05) is 18.3 Å². The molecule has 1 heterocycles. The van der Waals surface area contributed by atoms with Crippen LogP contribution in [0.4, 0.5) is 10.2 Å². The Morgan fingerprint density at radius 2 is 2.20 bits per heavy atom. The average molecular weight is 300 g/mol. The van der Waals surface area contributed by atoms with Crippen LogP contribution in [0.2, 0.25) is 0 Å². The van der Waals surface area contributed by atoms with Crippen molar-refractivity contribution in [3.05, 3.63) is 41.6 Å². The minimum atomic E-state index is -0.406. The number of aromatic nitrogens is 2. The lowest BCUT2D eigenvalue weighted by Crippen LogP contribution is -2.04. The van der Waals surface area contributed by atoms with Crippen LogP contribution in [0, 0.1) is 6.92 Å². The second-order valence-electron chi connectivity index (χ2n) is 4.32. The maximum absolute atomic E-state index is 12.3. The first-order valence-electron chi connectivity index (χ1n) is 6.19. The van der Waals surface area contributed by atoms with Gasteiger partial charge in [-0.2, -0.15) is 5.10 Å². The molecule has 0 spiro atoms. The monoisotopic (exact) mass is 299 g/mol. The fourth-order valence-electron chi connectivity index (χ4n) is 1.86. The summed E-state index contributed by atoms with van der Waals surface area (Å²) in [5.41, 5.74) is 2.12. The normalized spacial score (nSPS) is 9.95. The summed E-state index contributed by atoms with van der Waals surface area (Å²) >= 11 is 0. The van der Waals surface area contributed by atoms with E-state index >= 15 is 0 Å². The molecule has 0 unspecified atom stereocenters. The van der Waals surface area contributed by atoms with Crippen LogP contribution < -0.4 is 10.1 Å². The summed E-state index contributed by atoms with van der Waals surface area (Å²) in [6.45, 7) is 2.50. The van der Waals surface area contributed by atoms with E-state index in [-0.39, 0.29) is 12.4 Å². The lowest BCUT2D eigenvalue weighted by molar-refractivity contribution is 0.414. The molecule has 0 aliphatic rings. The number of hydrogen-bond donors (Lipinski definition) is 1. The first-order chi connectivity index (χ1) is 9.22. The molecule has 0 atom stereocenters. The molecule has 0 aliphatic carbocycles. The van der Waals surface area contributed by atoms with Crippen molar-refractivity contribution < 1.29 is 9.13 Å². The summed E-state index contributed by atoms with van der Waals surface area (Å²) in [6.07, 6.45) is 1.84. The highest BCUT2D eigenvalue weighted by Crippen LogP contribution is 2.16. The fourth-order valence-corrected chi connectivity index (χ4v) is 1.86. The largest absolute Gasteiger partial charge is 0.497 e. The lowest BCUT2D eigenvalue weighted by atomic mass is 10.2. The maximum Gasteiger partial charge on any atom is 0.151 e. The Morgan fingerprint density at radius 1 is 1.40 bits per heavy atom. The van der Waals surface area contributed by atoms with E-state index in [1.165, 1.54) is 0 Å². The van der Waals surface area contributed by atoms with Crippen LogP contribution in [0.3, 0.4) is 0 Å². The molecule has 0 saturated heterocycles. The third kappa shape index (κ3) is 4.13. The van der Waals surface area contributed by atoms with E-state index in [4.69, 9.17) is 4.74 Å².